The fourth-order valence-corrected chi connectivity index (χ4v) is 4.08. The van der Waals surface area contributed by atoms with Crippen LogP contribution in [0, 0.1) is 13.8 Å². The van der Waals surface area contributed by atoms with Crippen molar-refractivity contribution in [2.75, 3.05) is 0 Å². The molecule has 120 valence electrons. The van der Waals surface area contributed by atoms with E-state index in [9.17, 15) is 9.90 Å². The largest absolute Gasteiger partial charge is 0.477 e. The van der Waals surface area contributed by atoms with Crippen LogP contribution >= 0.6 is 11.3 Å². The van der Waals surface area contributed by atoms with Crippen LogP contribution in [0.4, 0.5) is 0 Å². The zero-order valence-corrected chi connectivity index (χ0v) is 14.8. The van der Waals surface area contributed by atoms with Crippen LogP contribution in [0.3, 0.4) is 0 Å². The molecule has 0 aliphatic carbocycles. The molecule has 2 aromatic heterocycles. The average molecular weight is 328 g/mol. The van der Waals surface area contributed by atoms with Gasteiger partial charge in [0.25, 0.3) is 0 Å². The summed E-state index contributed by atoms with van der Waals surface area (Å²) in [5.74, 6) is -0.887. The number of nitrogens with zero attached hydrogens (tertiary/aromatic N) is 2. The predicted octanol–water partition coefficient (Wildman–Crippen LogP) is 4.68. The van der Waals surface area contributed by atoms with Gasteiger partial charge in [-0.2, -0.15) is 0 Å². The Morgan fingerprint density at radius 1 is 1.17 bits per heavy atom. The molecule has 0 saturated heterocycles. The topological polar surface area (TPSA) is 54.6 Å². The molecule has 0 aliphatic heterocycles. The van der Waals surface area contributed by atoms with Gasteiger partial charge in [0, 0.05) is 16.7 Å². The Labute approximate surface area is 139 Å². The molecule has 0 spiro atoms. The molecule has 1 aromatic carbocycles. The van der Waals surface area contributed by atoms with Crippen molar-refractivity contribution in [3.8, 4) is 11.3 Å². The number of rotatable bonds is 2. The third kappa shape index (κ3) is 2.55. The number of aromatic carboxylic acids is 1. The average Bonchev–Trinajstić information content (AvgIpc) is 2.97. The molecule has 0 atom stereocenters. The highest BCUT2D eigenvalue weighted by molar-refractivity contribution is 7.19. The molecule has 0 radical (unpaired) electrons. The lowest BCUT2D eigenvalue weighted by atomic mass is 9.91. The van der Waals surface area contributed by atoms with Crippen molar-refractivity contribution in [3.63, 3.8) is 0 Å². The number of benzene rings is 1. The van der Waals surface area contributed by atoms with Gasteiger partial charge in [0.2, 0.25) is 0 Å². The number of aromatic nitrogens is 2. The first kappa shape index (κ1) is 15.7. The number of carbonyl (C=O) groups is 1. The number of thiazole rings is 1. The number of hydrogen-bond acceptors (Lipinski definition) is 3. The summed E-state index contributed by atoms with van der Waals surface area (Å²) in [6.45, 7) is 10.2. The molecular formula is C18H20N2O2S. The Kier molecular flexibility index (Phi) is 3.56. The fraction of sp³-hybridized carbons (Fsp3) is 0.333. The van der Waals surface area contributed by atoms with Crippen molar-refractivity contribution in [1.29, 1.82) is 0 Å². The monoisotopic (exact) mass is 328 g/mol. The number of carboxylic acids is 1. The van der Waals surface area contributed by atoms with Gasteiger partial charge in [-0.05, 0) is 13.8 Å². The molecule has 0 aliphatic rings. The molecule has 0 fully saturated rings. The molecular weight excluding hydrogens is 308 g/mol. The minimum absolute atomic E-state index is 0.276. The number of imidazole rings is 1. The van der Waals surface area contributed by atoms with Crippen LogP contribution in [0.15, 0.2) is 24.3 Å². The normalized spacial score (nSPS) is 12.0. The maximum atomic E-state index is 11.6. The zero-order valence-electron chi connectivity index (χ0n) is 14.0. The molecule has 23 heavy (non-hydrogen) atoms. The van der Waals surface area contributed by atoms with E-state index in [4.69, 9.17) is 4.98 Å². The third-order valence-corrected chi connectivity index (χ3v) is 4.97. The smallest absolute Gasteiger partial charge is 0.347 e. The van der Waals surface area contributed by atoms with Crippen LogP contribution in [0.25, 0.3) is 16.2 Å². The SMILES string of the molecule is Cc1ccc(-c2nc3sc(C(=O)O)c(C(C)(C)C)n3c2C)cc1. The summed E-state index contributed by atoms with van der Waals surface area (Å²) in [5, 5.41) is 9.53. The lowest BCUT2D eigenvalue weighted by Gasteiger charge is -2.19. The summed E-state index contributed by atoms with van der Waals surface area (Å²) < 4.78 is 2.00. The van der Waals surface area contributed by atoms with Gasteiger partial charge in [-0.25, -0.2) is 9.78 Å². The van der Waals surface area contributed by atoms with Crippen molar-refractivity contribution in [2.24, 2.45) is 0 Å². The second kappa shape index (κ2) is 5.20. The molecule has 0 unspecified atom stereocenters. The summed E-state index contributed by atoms with van der Waals surface area (Å²) >= 11 is 1.24. The van der Waals surface area contributed by atoms with Crippen molar-refractivity contribution in [1.82, 2.24) is 9.38 Å². The van der Waals surface area contributed by atoms with E-state index in [1.807, 2.05) is 32.1 Å². The maximum Gasteiger partial charge on any atom is 0.347 e. The van der Waals surface area contributed by atoms with Gasteiger partial charge in [0.05, 0.1) is 11.4 Å². The van der Waals surface area contributed by atoms with Crippen LogP contribution < -0.4 is 0 Å². The van der Waals surface area contributed by atoms with Crippen LogP contribution in [0.1, 0.15) is 47.4 Å². The Balaban J connectivity index is 2.30. The van der Waals surface area contributed by atoms with E-state index < -0.39 is 5.97 Å². The first-order chi connectivity index (χ1) is 10.7. The van der Waals surface area contributed by atoms with Crippen LogP contribution in [0.2, 0.25) is 0 Å². The van der Waals surface area contributed by atoms with Gasteiger partial charge in [-0.1, -0.05) is 61.9 Å². The second-order valence-electron chi connectivity index (χ2n) is 6.86. The van der Waals surface area contributed by atoms with E-state index >= 15 is 0 Å². The van der Waals surface area contributed by atoms with E-state index in [0.29, 0.717) is 4.88 Å². The molecule has 0 saturated carbocycles. The highest BCUT2D eigenvalue weighted by Crippen LogP contribution is 2.36. The molecule has 4 nitrogen and oxygen atoms in total. The number of fused-ring (bicyclic) bond motifs is 1. The van der Waals surface area contributed by atoms with E-state index in [2.05, 4.69) is 31.2 Å². The standard InChI is InChI=1S/C18H20N2O2S/c1-10-6-8-12(9-7-10)13-11(2)20-15(18(3,4)5)14(16(21)22)23-17(20)19-13/h6-9H,1-5H3,(H,21,22). The van der Waals surface area contributed by atoms with E-state index in [1.54, 1.807) is 0 Å². The molecule has 3 rings (SSSR count). The summed E-state index contributed by atoms with van der Waals surface area (Å²) in [5.41, 5.74) is 4.70. The summed E-state index contributed by atoms with van der Waals surface area (Å²) in [7, 11) is 0. The Bertz CT molecular complexity index is 896. The van der Waals surface area contributed by atoms with E-state index in [0.717, 1.165) is 27.6 Å². The minimum atomic E-state index is -0.887. The zero-order chi connectivity index (χ0) is 16.9. The van der Waals surface area contributed by atoms with Gasteiger partial charge >= 0.3 is 5.97 Å². The maximum absolute atomic E-state index is 11.6. The quantitative estimate of drug-likeness (QED) is 0.743. The molecule has 0 bridgehead atoms. The minimum Gasteiger partial charge on any atom is -0.477 e. The van der Waals surface area contributed by atoms with Crippen molar-refractivity contribution >= 4 is 22.3 Å². The Morgan fingerprint density at radius 2 is 1.78 bits per heavy atom. The van der Waals surface area contributed by atoms with Crippen molar-refractivity contribution < 1.29 is 9.90 Å². The number of hydrogen-bond donors (Lipinski definition) is 1. The lowest BCUT2D eigenvalue weighted by molar-refractivity contribution is 0.0699. The summed E-state index contributed by atoms with van der Waals surface area (Å²) in [6, 6.07) is 8.25. The molecule has 1 N–H and O–H groups in total. The van der Waals surface area contributed by atoms with Gasteiger partial charge < -0.3 is 5.11 Å². The van der Waals surface area contributed by atoms with Gasteiger partial charge in [-0.3, -0.25) is 4.40 Å². The lowest BCUT2D eigenvalue weighted by Crippen LogP contribution is -2.18. The fourth-order valence-electron chi connectivity index (χ4n) is 2.85. The molecule has 2 heterocycles. The number of aryl methyl sites for hydroxylation is 2. The molecule has 5 heteroatoms. The summed E-state index contributed by atoms with van der Waals surface area (Å²) in [6.07, 6.45) is 0. The Hall–Kier alpha value is -2.14. The van der Waals surface area contributed by atoms with Crippen molar-refractivity contribution in [3.05, 3.63) is 46.1 Å². The van der Waals surface area contributed by atoms with Crippen molar-refractivity contribution in [2.45, 2.75) is 40.0 Å². The second-order valence-corrected chi connectivity index (χ2v) is 7.84. The van der Waals surface area contributed by atoms with E-state index in [-0.39, 0.29) is 5.41 Å². The first-order valence-electron chi connectivity index (χ1n) is 7.53. The number of carboxylic acid groups (broad SMARTS) is 1. The predicted molar refractivity (Wildman–Crippen MR) is 93.6 cm³/mol. The van der Waals surface area contributed by atoms with Gasteiger partial charge in [-0.15, -0.1) is 0 Å². The highest BCUT2D eigenvalue weighted by atomic mass is 32.1. The first-order valence-corrected chi connectivity index (χ1v) is 8.34. The third-order valence-electron chi connectivity index (χ3n) is 3.94. The van der Waals surface area contributed by atoms with Crippen LogP contribution in [-0.2, 0) is 5.41 Å². The van der Waals surface area contributed by atoms with Gasteiger partial charge in [0.15, 0.2) is 4.96 Å². The van der Waals surface area contributed by atoms with Gasteiger partial charge in [0.1, 0.15) is 4.88 Å². The highest BCUT2D eigenvalue weighted by Gasteiger charge is 2.30. The van der Waals surface area contributed by atoms with Crippen LogP contribution in [-0.4, -0.2) is 20.5 Å². The van der Waals surface area contributed by atoms with Crippen LogP contribution in [0.5, 0.6) is 0 Å². The molecule has 0 amide bonds. The van der Waals surface area contributed by atoms with E-state index in [1.165, 1.54) is 16.9 Å². The summed E-state index contributed by atoms with van der Waals surface area (Å²) in [4.78, 5) is 17.4. The molecule has 3 aromatic rings. The Morgan fingerprint density at radius 3 is 2.30 bits per heavy atom.